The first-order valence-corrected chi connectivity index (χ1v) is 9.15. The third kappa shape index (κ3) is 4.43. The third-order valence-corrected chi connectivity index (χ3v) is 5.10. The Kier molecular flexibility index (Phi) is 5.24. The van der Waals surface area contributed by atoms with Crippen molar-refractivity contribution < 1.29 is 13.2 Å². The number of hydrogen-bond donors (Lipinski definition) is 1. The van der Waals surface area contributed by atoms with Gasteiger partial charge in [0.25, 0.3) is 0 Å². The van der Waals surface area contributed by atoms with Gasteiger partial charge in [-0.2, -0.15) is 0 Å². The number of rotatable bonds is 5. The lowest BCUT2D eigenvalue weighted by atomic mass is 10.0. The van der Waals surface area contributed by atoms with E-state index >= 15 is 0 Å². The van der Waals surface area contributed by atoms with E-state index in [1.807, 2.05) is 31.2 Å². The molecule has 1 aromatic carbocycles. The Morgan fingerprint density at radius 2 is 2.14 bits per heavy atom. The molecule has 0 aliphatic carbocycles. The van der Waals surface area contributed by atoms with Gasteiger partial charge in [-0.25, -0.2) is 12.7 Å². The minimum Gasteiger partial charge on any atom is -0.493 e. The molecule has 0 amide bonds. The van der Waals surface area contributed by atoms with Crippen molar-refractivity contribution in [1.29, 1.82) is 0 Å². The third-order valence-electron chi connectivity index (χ3n) is 3.83. The first-order chi connectivity index (χ1) is 9.88. The Morgan fingerprint density at radius 1 is 1.43 bits per heavy atom. The lowest BCUT2D eigenvalue weighted by Crippen LogP contribution is -2.41. The lowest BCUT2D eigenvalue weighted by molar-refractivity contribution is 0.179. The summed E-state index contributed by atoms with van der Waals surface area (Å²) < 4.78 is 30.7. The molecule has 1 aliphatic rings. The molecular weight excluding hydrogens is 288 g/mol. The smallest absolute Gasteiger partial charge is 0.211 e. The fourth-order valence-corrected chi connectivity index (χ4v) is 3.60. The molecule has 6 heteroatoms. The molecule has 5 nitrogen and oxygen atoms in total. The normalized spacial score (nSPS) is 22.0. The van der Waals surface area contributed by atoms with Crippen LogP contribution in [0.5, 0.6) is 5.75 Å². The van der Waals surface area contributed by atoms with E-state index < -0.39 is 10.0 Å². The maximum atomic E-state index is 11.6. The molecule has 1 heterocycles. The van der Waals surface area contributed by atoms with Crippen LogP contribution in [0.3, 0.4) is 0 Å². The zero-order chi connectivity index (χ0) is 15.5. The molecule has 0 spiro atoms. The van der Waals surface area contributed by atoms with Crippen molar-refractivity contribution in [2.45, 2.75) is 25.8 Å². The highest BCUT2D eigenvalue weighted by atomic mass is 32.2. The fraction of sp³-hybridized carbons (Fsp3) is 0.600. The van der Waals surface area contributed by atoms with Crippen molar-refractivity contribution >= 4 is 10.0 Å². The van der Waals surface area contributed by atoms with Crippen LogP contribution in [0.1, 0.15) is 31.4 Å². The van der Waals surface area contributed by atoms with Crippen LogP contribution in [0.4, 0.5) is 0 Å². The van der Waals surface area contributed by atoms with E-state index in [4.69, 9.17) is 10.5 Å². The number of sulfonamides is 1. The van der Waals surface area contributed by atoms with Gasteiger partial charge in [-0.1, -0.05) is 18.2 Å². The summed E-state index contributed by atoms with van der Waals surface area (Å²) in [4.78, 5) is 0. The molecule has 0 radical (unpaired) electrons. The van der Waals surface area contributed by atoms with Gasteiger partial charge in [0.15, 0.2) is 0 Å². The lowest BCUT2D eigenvalue weighted by Gasteiger charge is -2.31. The van der Waals surface area contributed by atoms with E-state index in [2.05, 4.69) is 0 Å². The summed E-state index contributed by atoms with van der Waals surface area (Å²) in [6.07, 6.45) is 3.14. The van der Waals surface area contributed by atoms with Crippen LogP contribution >= 0.6 is 0 Å². The van der Waals surface area contributed by atoms with Crippen molar-refractivity contribution in [2.24, 2.45) is 11.7 Å². The molecule has 1 aromatic rings. The molecule has 2 rings (SSSR count). The molecule has 1 aliphatic heterocycles. The van der Waals surface area contributed by atoms with E-state index in [9.17, 15) is 8.42 Å². The Morgan fingerprint density at radius 3 is 2.81 bits per heavy atom. The minimum absolute atomic E-state index is 0.0833. The van der Waals surface area contributed by atoms with Gasteiger partial charge in [0.2, 0.25) is 10.0 Å². The van der Waals surface area contributed by atoms with E-state index in [0.717, 1.165) is 24.2 Å². The van der Waals surface area contributed by atoms with Crippen LogP contribution in [0, 0.1) is 5.92 Å². The average molecular weight is 312 g/mol. The van der Waals surface area contributed by atoms with Gasteiger partial charge in [-0.3, -0.25) is 0 Å². The molecule has 2 N–H and O–H groups in total. The molecule has 0 saturated carbocycles. The first kappa shape index (κ1) is 16.3. The molecule has 2 unspecified atom stereocenters. The number of nitrogens with zero attached hydrogens (tertiary/aromatic N) is 1. The Hall–Kier alpha value is -1.11. The predicted molar refractivity (Wildman–Crippen MR) is 83.7 cm³/mol. The number of hydrogen-bond acceptors (Lipinski definition) is 4. The van der Waals surface area contributed by atoms with Crippen molar-refractivity contribution in [1.82, 2.24) is 4.31 Å². The topological polar surface area (TPSA) is 72.6 Å². The standard InChI is InChI=1S/C15H24N2O3S/c1-12(16)14-7-3-4-8-15(14)20-11-13-6-5-9-17(10-13)21(2,18)19/h3-4,7-8,12-13H,5-6,9-11,16H2,1-2H3. The number of benzene rings is 1. The van der Waals surface area contributed by atoms with Gasteiger partial charge < -0.3 is 10.5 Å². The van der Waals surface area contributed by atoms with Crippen LogP contribution < -0.4 is 10.5 Å². The minimum atomic E-state index is -3.11. The molecule has 0 bridgehead atoms. The van der Waals surface area contributed by atoms with Gasteiger partial charge in [-0.15, -0.1) is 0 Å². The summed E-state index contributed by atoms with van der Waals surface area (Å²) >= 11 is 0. The Balaban J connectivity index is 1.97. The number of ether oxygens (including phenoxy) is 1. The molecule has 1 fully saturated rings. The highest BCUT2D eigenvalue weighted by Crippen LogP contribution is 2.25. The molecule has 1 saturated heterocycles. The van der Waals surface area contributed by atoms with Gasteiger partial charge in [-0.05, 0) is 25.8 Å². The summed E-state index contributed by atoms with van der Waals surface area (Å²) in [5.41, 5.74) is 6.91. The second-order valence-corrected chi connectivity index (χ2v) is 7.75. The van der Waals surface area contributed by atoms with Crippen LogP contribution in [-0.2, 0) is 10.0 Å². The van der Waals surface area contributed by atoms with Gasteiger partial charge in [0, 0.05) is 30.6 Å². The molecule has 118 valence electrons. The maximum Gasteiger partial charge on any atom is 0.211 e. The summed E-state index contributed by atoms with van der Waals surface area (Å²) in [5.74, 6) is 1.03. The quantitative estimate of drug-likeness (QED) is 0.899. The van der Waals surface area contributed by atoms with Crippen LogP contribution in [0.25, 0.3) is 0 Å². The first-order valence-electron chi connectivity index (χ1n) is 7.30. The molecule has 0 aromatic heterocycles. The number of piperidine rings is 1. The summed E-state index contributed by atoms with van der Waals surface area (Å²) in [5, 5.41) is 0. The summed E-state index contributed by atoms with van der Waals surface area (Å²) in [6, 6.07) is 7.65. The largest absolute Gasteiger partial charge is 0.493 e. The fourth-order valence-electron chi connectivity index (χ4n) is 2.66. The van der Waals surface area contributed by atoms with Crippen molar-refractivity contribution in [3.63, 3.8) is 0 Å². The predicted octanol–water partition coefficient (Wildman–Crippen LogP) is 1.76. The SMILES string of the molecule is CC(N)c1ccccc1OCC1CCCN(S(C)(=O)=O)C1. The monoisotopic (exact) mass is 312 g/mol. The zero-order valence-electron chi connectivity index (χ0n) is 12.7. The van der Waals surface area contributed by atoms with E-state index in [-0.39, 0.29) is 12.0 Å². The van der Waals surface area contributed by atoms with Crippen molar-refractivity contribution in [2.75, 3.05) is 26.0 Å². The zero-order valence-corrected chi connectivity index (χ0v) is 13.5. The Labute approximate surface area is 127 Å². The highest BCUT2D eigenvalue weighted by Gasteiger charge is 2.26. The molecule has 2 atom stereocenters. The highest BCUT2D eigenvalue weighted by molar-refractivity contribution is 7.88. The van der Waals surface area contributed by atoms with E-state index in [1.165, 1.54) is 6.26 Å². The molecular formula is C15H24N2O3S. The number of para-hydroxylation sites is 1. The number of nitrogens with two attached hydrogens (primary N) is 1. The average Bonchev–Trinajstić information content (AvgIpc) is 2.45. The summed E-state index contributed by atoms with van der Waals surface area (Å²) in [7, 11) is -3.11. The van der Waals surface area contributed by atoms with Crippen LogP contribution in [-0.4, -0.2) is 38.7 Å². The van der Waals surface area contributed by atoms with E-state index in [1.54, 1.807) is 4.31 Å². The van der Waals surface area contributed by atoms with Crippen molar-refractivity contribution in [3.8, 4) is 5.75 Å². The van der Waals surface area contributed by atoms with Crippen molar-refractivity contribution in [3.05, 3.63) is 29.8 Å². The second-order valence-electron chi connectivity index (χ2n) is 5.77. The molecule has 21 heavy (non-hydrogen) atoms. The van der Waals surface area contributed by atoms with Crippen LogP contribution in [0.2, 0.25) is 0 Å². The van der Waals surface area contributed by atoms with Crippen LogP contribution in [0.15, 0.2) is 24.3 Å². The second kappa shape index (κ2) is 6.77. The summed E-state index contributed by atoms with van der Waals surface area (Å²) in [6.45, 7) is 3.61. The van der Waals surface area contributed by atoms with E-state index in [0.29, 0.717) is 19.7 Å². The van der Waals surface area contributed by atoms with Gasteiger partial charge >= 0.3 is 0 Å². The van der Waals surface area contributed by atoms with Gasteiger partial charge in [0.1, 0.15) is 5.75 Å². The van der Waals surface area contributed by atoms with Gasteiger partial charge in [0.05, 0.1) is 12.9 Å². The maximum absolute atomic E-state index is 11.6. The Bertz CT molecular complexity index is 572.